The van der Waals surface area contributed by atoms with Gasteiger partial charge in [0.2, 0.25) is 5.88 Å². The Labute approximate surface area is 112 Å². The first-order valence-corrected chi connectivity index (χ1v) is 6.35. The summed E-state index contributed by atoms with van der Waals surface area (Å²) in [5, 5.41) is 4.93. The molecule has 0 aliphatic carbocycles. The van der Waals surface area contributed by atoms with Crippen LogP contribution >= 0.6 is 11.6 Å². The molecule has 3 nitrogen and oxygen atoms in total. The van der Waals surface area contributed by atoms with E-state index in [0.29, 0.717) is 18.4 Å². The van der Waals surface area contributed by atoms with Crippen molar-refractivity contribution < 1.29 is 4.74 Å². The Bertz CT molecular complexity index is 534. The standard InChI is InChI=1S/C14H17ClN2O/c1-10(2)11-5-4-6-13(15)12(11)9-18-14-7-8-17(3)16-14/h4-8,10H,9H2,1-3H3. The Morgan fingerprint density at radius 1 is 1.33 bits per heavy atom. The summed E-state index contributed by atoms with van der Waals surface area (Å²) in [5.74, 6) is 1.04. The highest BCUT2D eigenvalue weighted by Gasteiger charge is 2.11. The molecule has 0 fully saturated rings. The zero-order chi connectivity index (χ0) is 13.1. The van der Waals surface area contributed by atoms with E-state index < -0.39 is 0 Å². The monoisotopic (exact) mass is 264 g/mol. The molecule has 1 aromatic heterocycles. The molecular weight excluding hydrogens is 248 g/mol. The summed E-state index contributed by atoms with van der Waals surface area (Å²) >= 11 is 6.24. The molecule has 0 saturated carbocycles. The molecule has 1 heterocycles. The molecule has 0 saturated heterocycles. The molecule has 0 N–H and O–H groups in total. The van der Waals surface area contributed by atoms with Crippen LogP contribution in [0, 0.1) is 0 Å². The van der Waals surface area contributed by atoms with Crippen molar-refractivity contribution in [3.63, 3.8) is 0 Å². The van der Waals surface area contributed by atoms with Crippen molar-refractivity contribution in [3.8, 4) is 5.88 Å². The van der Waals surface area contributed by atoms with Gasteiger partial charge in [0, 0.05) is 29.9 Å². The molecule has 0 radical (unpaired) electrons. The quantitative estimate of drug-likeness (QED) is 0.840. The van der Waals surface area contributed by atoms with Crippen LogP contribution in [0.25, 0.3) is 0 Å². The van der Waals surface area contributed by atoms with E-state index in [4.69, 9.17) is 16.3 Å². The van der Waals surface area contributed by atoms with Gasteiger partial charge in [-0.15, -0.1) is 5.10 Å². The summed E-state index contributed by atoms with van der Waals surface area (Å²) in [6.07, 6.45) is 1.85. The molecule has 0 bridgehead atoms. The van der Waals surface area contributed by atoms with E-state index in [0.717, 1.165) is 10.6 Å². The van der Waals surface area contributed by atoms with E-state index >= 15 is 0 Å². The van der Waals surface area contributed by atoms with Gasteiger partial charge >= 0.3 is 0 Å². The van der Waals surface area contributed by atoms with E-state index in [2.05, 4.69) is 25.0 Å². The van der Waals surface area contributed by atoms with Crippen LogP contribution in [0.5, 0.6) is 5.88 Å². The largest absolute Gasteiger partial charge is 0.472 e. The second-order valence-electron chi connectivity index (χ2n) is 4.58. The van der Waals surface area contributed by atoms with E-state index in [9.17, 15) is 0 Å². The van der Waals surface area contributed by atoms with Crippen LogP contribution in [0.1, 0.15) is 30.9 Å². The van der Waals surface area contributed by atoms with Gasteiger partial charge in [-0.05, 0) is 17.5 Å². The summed E-state index contributed by atoms with van der Waals surface area (Å²) in [4.78, 5) is 0. The van der Waals surface area contributed by atoms with Gasteiger partial charge in [0.25, 0.3) is 0 Å². The lowest BCUT2D eigenvalue weighted by molar-refractivity contribution is 0.289. The number of aryl methyl sites for hydroxylation is 1. The zero-order valence-electron chi connectivity index (χ0n) is 10.9. The molecule has 96 valence electrons. The normalized spacial score (nSPS) is 10.9. The van der Waals surface area contributed by atoms with Gasteiger partial charge in [0.1, 0.15) is 6.61 Å². The molecule has 0 amide bonds. The van der Waals surface area contributed by atoms with Crippen molar-refractivity contribution in [2.75, 3.05) is 0 Å². The van der Waals surface area contributed by atoms with Crippen LogP contribution in [0.2, 0.25) is 5.02 Å². The number of nitrogens with zero attached hydrogens (tertiary/aromatic N) is 2. The maximum atomic E-state index is 6.24. The number of rotatable bonds is 4. The van der Waals surface area contributed by atoms with Crippen molar-refractivity contribution in [2.24, 2.45) is 7.05 Å². The van der Waals surface area contributed by atoms with Crippen molar-refractivity contribution in [2.45, 2.75) is 26.4 Å². The lowest BCUT2D eigenvalue weighted by Gasteiger charge is -2.14. The number of halogens is 1. The number of benzene rings is 1. The second-order valence-corrected chi connectivity index (χ2v) is 4.99. The third kappa shape index (κ3) is 2.85. The van der Waals surface area contributed by atoms with Gasteiger partial charge in [-0.3, -0.25) is 4.68 Å². The highest BCUT2D eigenvalue weighted by atomic mass is 35.5. The lowest BCUT2D eigenvalue weighted by Crippen LogP contribution is -2.03. The Hall–Kier alpha value is -1.48. The van der Waals surface area contributed by atoms with E-state index in [1.807, 2.05) is 31.4 Å². The van der Waals surface area contributed by atoms with Crippen molar-refractivity contribution in [1.29, 1.82) is 0 Å². The average Bonchev–Trinajstić information content (AvgIpc) is 2.73. The van der Waals surface area contributed by atoms with Gasteiger partial charge in [-0.25, -0.2) is 0 Å². The van der Waals surface area contributed by atoms with E-state index in [-0.39, 0.29) is 0 Å². The minimum Gasteiger partial charge on any atom is -0.472 e. The Kier molecular flexibility index (Phi) is 3.92. The second kappa shape index (κ2) is 5.44. The molecule has 1 aromatic carbocycles. The Morgan fingerprint density at radius 2 is 2.11 bits per heavy atom. The predicted molar refractivity (Wildman–Crippen MR) is 73.1 cm³/mol. The smallest absolute Gasteiger partial charge is 0.233 e. The van der Waals surface area contributed by atoms with Gasteiger partial charge in [0.05, 0.1) is 0 Å². The van der Waals surface area contributed by atoms with Crippen LogP contribution in [0.15, 0.2) is 30.5 Å². The zero-order valence-corrected chi connectivity index (χ0v) is 11.6. The summed E-state index contributed by atoms with van der Waals surface area (Å²) in [5.41, 5.74) is 2.26. The molecule has 4 heteroatoms. The number of aromatic nitrogens is 2. The minimum atomic E-state index is 0.422. The molecule has 0 unspecified atom stereocenters. The van der Waals surface area contributed by atoms with Crippen molar-refractivity contribution >= 4 is 11.6 Å². The summed E-state index contributed by atoms with van der Waals surface area (Å²) < 4.78 is 7.38. The maximum Gasteiger partial charge on any atom is 0.233 e. The molecule has 2 aromatic rings. The van der Waals surface area contributed by atoms with Crippen LogP contribution in [-0.2, 0) is 13.7 Å². The fourth-order valence-corrected chi connectivity index (χ4v) is 2.12. The first-order valence-electron chi connectivity index (χ1n) is 5.97. The SMILES string of the molecule is CC(C)c1cccc(Cl)c1COc1ccn(C)n1. The number of ether oxygens (including phenoxy) is 1. The molecule has 0 atom stereocenters. The van der Waals surface area contributed by atoms with Crippen LogP contribution < -0.4 is 4.74 Å². The summed E-state index contributed by atoms with van der Waals surface area (Å²) in [6.45, 7) is 4.75. The molecular formula is C14H17ClN2O. The molecule has 0 spiro atoms. The van der Waals surface area contributed by atoms with Gasteiger partial charge in [-0.1, -0.05) is 37.6 Å². The van der Waals surface area contributed by atoms with Gasteiger partial charge in [-0.2, -0.15) is 0 Å². The highest BCUT2D eigenvalue weighted by Crippen LogP contribution is 2.27. The van der Waals surface area contributed by atoms with Crippen molar-refractivity contribution in [3.05, 3.63) is 46.6 Å². The molecule has 18 heavy (non-hydrogen) atoms. The third-order valence-electron chi connectivity index (χ3n) is 2.83. The van der Waals surface area contributed by atoms with Crippen molar-refractivity contribution in [1.82, 2.24) is 9.78 Å². The van der Waals surface area contributed by atoms with Gasteiger partial charge < -0.3 is 4.74 Å². The number of hydrogen-bond donors (Lipinski definition) is 0. The van der Waals surface area contributed by atoms with Crippen LogP contribution in [0.3, 0.4) is 0 Å². The van der Waals surface area contributed by atoms with Crippen LogP contribution in [0.4, 0.5) is 0 Å². The fourth-order valence-electron chi connectivity index (χ4n) is 1.89. The first kappa shape index (κ1) is 13.0. The Balaban J connectivity index is 2.18. The predicted octanol–water partition coefficient (Wildman–Crippen LogP) is 3.78. The maximum absolute atomic E-state index is 6.24. The van der Waals surface area contributed by atoms with E-state index in [1.165, 1.54) is 5.56 Å². The summed E-state index contributed by atoms with van der Waals surface area (Å²) in [6, 6.07) is 7.80. The average molecular weight is 265 g/mol. The van der Waals surface area contributed by atoms with Crippen LogP contribution in [-0.4, -0.2) is 9.78 Å². The minimum absolute atomic E-state index is 0.422. The fraction of sp³-hybridized carbons (Fsp3) is 0.357. The highest BCUT2D eigenvalue weighted by molar-refractivity contribution is 6.31. The number of hydrogen-bond acceptors (Lipinski definition) is 2. The molecule has 0 aliphatic heterocycles. The lowest BCUT2D eigenvalue weighted by atomic mass is 9.98. The van der Waals surface area contributed by atoms with E-state index in [1.54, 1.807) is 4.68 Å². The molecule has 2 rings (SSSR count). The third-order valence-corrected chi connectivity index (χ3v) is 3.18. The first-order chi connectivity index (χ1) is 8.58. The van der Waals surface area contributed by atoms with Gasteiger partial charge in [0.15, 0.2) is 0 Å². The summed E-state index contributed by atoms with van der Waals surface area (Å²) in [7, 11) is 1.86. The Morgan fingerprint density at radius 3 is 2.72 bits per heavy atom. The molecule has 0 aliphatic rings. The topological polar surface area (TPSA) is 27.1 Å².